The summed E-state index contributed by atoms with van der Waals surface area (Å²) in [6.07, 6.45) is 8.05. The molecule has 0 amide bonds. The van der Waals surface area contributed by atoms with Crippen molar-refractivity contribution in [3.8, 4) is 0 Å². The van der Waals surface area contributed by atoms with Gasteiger partial charge in [-0.1, -0.05) is 13.3 Å². The maximum atomic E-state index is 5.20. The molecule has 0 bridgehead atoms. The minimum absolute atomic E-state index is 0.545. The van der Waals surface area contributed by atoms with Gasteiger partial charge in [0.2, 0.25) is 0 Å². The van der Waals surface area contributed by atoms with Crippen LogP contribution in [0.25, 0.3) is 0 Å². The highest BCUT2D eigenvalue weighted by atomic mass is 16.3. The van der Waals surface area contributed by atoms with Crippen LogP contribution in [-0.4, -0.2) is 6.54 Å². The minimum Gasteiger partial charge on any atom is -0.472 e. The Balaban J connectivity index is 1.75. The van der Waals surface area contributed by atoms with Gasteiger partial charge in [-0.15, -0.1) is 0 Å². The molecule has 2 nitrogen and oxygen atoms in total. The molecule has 1 heterocycles. The van der Waals surface area contributed by atoms with Crippen LogP contribution in [0.3, 0.4) is 0 Å². The van der Waals surface area contributed by atoms with Crippen molar-refractivity contribution in [3.05, 3.63) is 24.2 Å². The van der Waals surface area contributed by atoms with Crippen LogP contribution in [0.15, 0.2) is 23.0 Å². The molecule has 3 rings (SSSR count). The van der Waals surface area contributed by atoms with Gasteiger partial charge in [0.1, 0.15) is 0 Å². The van der Waals surface area contributed by atoms with Gasteiger partial charge in [-0.05, 0) is 43.2 Å². The van der Waals surface area contributed by atoms with Crippen LogP contribution >= 0.6 is 0 Å². The highest BCUT2D eigenvalue weighted by Gasteiger charge is 2.55. The molecule has 2 fully saturated rings. The molecule has 3 atom stereocenters. The predicted octanol–water partition coefficient (Wildman–Crippen LogP) is 2.98. The molecule has 0 spiro atoms. The Hall–Kier alpha value is -0.760. The highest BCUT2D eigenvalue weighted by molar-refractivity contribution is 5.19. The fourth-order valence-electron chi connectivity index (χ4n) is 3.52. The first kappa shape index (κ1) is 9.46. The number of rotatable bonds is 4. The topological polar surface area (TPSA) is 25.2 Å². The average molecular weight is 205 g/mol. The molecule has 2 aliphatic rings. The summed E-state index contributed by atoms with van der Waals surface area (Å²) < 4.78 is 5.20. The van der Waals surface area contributed by atoms with Crippen molar-refractivity contribution in [1.29, 1.82) is 0 Å². The van der Waals surface area contributed by atoms with E-state index in [0.29, 0.717) is 6.04 Å². The van der Waals surface area contributed by atoms with Crippen molar-refractivity contribution in [1.82, 2.24) is 5.32 Å². The molecular weight excluding hydrogens is 186 g/mol. The third-order valence-corrected chi connectivity index (χ3v) is 4.18. The Morgan fingerprint density at radius 1 is 1.47 bits per heavy atom. The lowest BCUT2D eigenvalue weighted by molar-refractivity contribution is 0.421. The summed E-state index contributed by atoms with van der Waals surface area (Å²) in [5.74, 6) is 2.89. The molecule has 2 heteroatoms. The van der Waals surface area contributed by atoms with Crippen LogP contribution in [0.1, 0.15) is 37.8 Å². The molecule has 2 saturated carbocycles. The van der Waals surface area contributed by atoms with E-state index in [9.17, 15) is 0 Å². The molecule has 82 valence electrons. The molecule has 1 aromatic heterocycles. The van der Waals surface area contributed by atoms with E-state index in [1.807, 2.05) is 6.26 Å². The third kappa shape index (κ3) is 1.51. The summed E-state index contributed by atoms with van der Waals surface area (Å²) >= 11 is 0. The van der Waals surface area contributed by atoms with Crippen molar-refractivity contribution in [2.75, 3.05) is 6.54 Å². The number of fused-ring (bicyclic) bond motifs is 1. The molecule has 0 saturated heterocycles. The molecular formula is C13H19NO. The smallest absolute Gasteiger partial charge is 0.0950 e. The van der Waals surface area contributed by atoms with Gasteiger partial charge in [0.15, 0.2) is 0 Å². The van der Waals surface area contributed by atoms with Crippen molar-refractivity contribution >= 4 is 0 Å². The van der Waals surface area contributed by atoms with E-state index < -0.39 is 0 Å². The maximum Gasteiger partial charge on any atom is 0.0950 e. The van der Waals surface area contributed by atoms with Crippen LogP contribution in [0.2, 0.25) is 0 Å². The second-order valence-electron chi connectivity index (χ2n) is 4.93. The lowest BCUT2D eigenvalue weighted by Crippen LogP contribution is -2.23. The molecule has 1 aromatic rings. The van der Waals surface area contributed by atoms with Crippen LogP contribution < -0.4 is 5.32 Å². The Kier molecular flexibility index (Phi) is 2.32. The Bertz CT molecular complexity index is 309. The van der Waals surface area contributed by atoms with Gasteiger partial charge in [-0.3, -0.25) is 0 Å². The molecule has 0 aromatic carbocycles. The lowest BCUT2D eigenvalue weighted by atomic mass is 9.99. The van der Waals surface area contributed by atoms with E-state index >= 15 is 0 Å². The lowest BCUT2D eigenvalue weighted by Gasteiger charge is -2.18. The molecule has 2 aliphatic carbocycles. The summed E-state index contributed by atoms with van der Waals surface area (Å²) in [6, 6.07) is 2.66. The second-order valence-corrected chi connectivity index (χ2v) is 4.93. The fourth-order valence-corrected chi connectivity index (χ4v) is 3.52. The van der Waals surface area contributed by atoms with E-state index in [2.05, 4.69) is 18.3 Å². The van der Waals surface area contributed by atoms with Gasteiger partial charge >= 0.3 is 0 Å². The van der Waals surface area contributed by atoms with E-state index in [-0.39, 0.29) is 0 Å². The second kappa shape index (κ2) is 3.67. The largest absolute Gasteiger partial charge is 0.472 e. The van der Waals surface area contributed by atoms with Gasteiger partial charge in [-0.25, -0.2) is 0 Å². The highest BCUT2D eigenvalue weighted by Crippen LogP contribution is 2.62. The number of hydrogen-bond acceptors (Lipinski definition) is 2. The van der Waals surface area contributed by atoms with Gasteiger partial charge in [0.05, 0.1) is 12.5 Å². The quantitative estimate of drug-likeness (QED) is 0.817. The monoisotopic (exact) mass is 205 g/mol. The number of nitrogens with one attached hydrogen (secondary N) is 1. The van der Waals surface area contributed by atoms with Gasteiger partial charge in [0, 0.05) is 11.6 Å². The number of furan rings is 1. The summed E-state index contributed by atoms with van der Waals surface area (Å²) in [7, 11) is 0. The van der Waals surface area contributed by atoms with Gasteiger partial charge < -0.3 is 9.73 Å². The average Bonchev–Trinajstić information content (AvgIpc) is 2.73. The summed E-state index contributed by atoms with van der Waals surface area (Å²) in [4.78, 5) is 0. The van der Waals surface area contributed by atoms with E-state index in [0.717, 1.165) is 24.3 Å². The number of hydrogen-bond donors (Lipinski definition) is 1. The molecule has 3 unspecified atom stereocenters. The molecule has 0 radical (unpaired) electrons. The van der Waals surface area contributed by atoms with Crippen molar-refractivity contribution in [2.45, 2.75) is 32.2 Å². The zero-order valence-electron chi connectivity index (χ0n) is 9.28. The summed E-state index contributed by atoms with van der Waals surface area (Å²) in [5.41, 5.74) is 1.34. The predicted molar refractivity (Wildman–Crippen MR) is 59.4 cm³/mol. The van der Waals surface area contributed by atoms with Crippen LogP contribution in [0.4, 0.5) is 0 Å². The van der Waals surface area contributed by atoms with E-state index in [1.165, 1.54) is 24.8 Å². The van der Waals surface area contributed by atoms with Crippen LogP contribution in [0, 0.1) is 17.8 Å². The first-order valence-corrected chi connectivity index (χ1v) is 6.17. The Morgan fingerprint density at radius 3 is 2.87 bits per heavy atom. The normalized spacial score (nSPS) is 35.1. The standard InChI is InChI=1S/C13H19NO/c1-2-14-13(9-6-7-15-8-9)12-10-4-3-5-11(10)12/h6-8,10-14H,2-5H2,1H3. The molecule has 15 heavy (non-hydrogen) atoms. The van der Waals surface area contributed by atoms with Crippen molar-refractivity contribution < 1.29 is 4.42 Å². The van der Waals surface area contributed by atoms with Gasteiger partial charge in [0.25, 0.3) is 0 Å². The first-order chi connectivity index (χ1) is 7.42. The van der Waals surface area contributed by atoms with Gasteiger partial charge in [-0.2, -0.15) is 0 Å². The Labute approximate surface area is 91.0 Å². The summed E-state index contributed by atoms with van der Waals surface area (Å²) in [6.45, 7) is 3.23. The van der Waals surface area contributed by atoms with E-state index in [4.69, 9.17) is 4.42 Å². The maximum absolute atomic E-state index is 5.20. The third-order valence-electron chi connectivity index (χ3n) is 4.18. The molecule has 0 aliphatic heterocycles. The minimum atomic E-state index is 0.545. The summed E-state index contributed by atoms with van der Waals surface area (Å²) in [5, 5.41) is 3.62. The van der Waals surface area contributed by atoms with Crippen molar-refractivity contribution in [2.24, 2.45) is 17.8 Å². The zero-order chi connectivity index (χ0) is 10.3. The zero-order valence-corrected chi connectivity index (χ0v) is 9.28. The first-order valence-electron chi connectivity index (χ1n) is 6.17. The van der Waals surface area contributed by atoms with Crippen LogP contribution in [0.5, 0.6) is 0 Å². The van der Waals surface area contributed by atoms with Crippen LogP contribution in [-0.2, 0) is 0 Å². The molecule has 1 N–H and O–H groups in total. The van der Waals surface area contributed by atoms with Crippen molar-refractivity contribution in [3.63, 3.8) is 0 Å². The van der Waals surface area contributed by atoms with E-state index in [1.54, 1.807) is 6.26 Å². The SMILES string of the molecule is CCNC(c1ccoc1)C1C2CCCC21. The fraction of sp³-hybridized carbons (Fsp3) is 0.692. The Morgan fingerprint density at radius 2 is 2.27 bits per heavy atom.